The predicted molar refractivity (Wildman–Crippen MR) is 94.5 cm³/mol. The SMILES string of the molecule is CC1=CC=CC(C)N1/C=C/c1ccc(OC(F)F)c(OCC2CC2)c1. The van der Waals surface area contributed by atoms with Gasteiger partial charge < -0.3 is 14.4 Å². The van der Waals surface area contributed by atoms with Gasteiger partial charge in [0.25, 0.3) is 0 Å². The van der Waals surface area contributed by atoms with Gasteiger partial charge in [-0.1, -0.05) is 18.2 Å². The highest BCUT2D eigenvalue weighted by Crippen LogP contribution is 2.34. The highest BCUT2D eigenvalue weighted by molar-refractivity contribution is 5.56. The molecule has 1 unspecified atom stereocenters. The summed E-state index contributed by atoms with van der Waals surface area (Å²) in [7, 11) is 0. The van der Waals surface area contributed by atoms with Gasteiger partial charge in [-0.3, -0.25) is 0 Å². The topological polar surface area (TPSA) is 21.7 Å². The lowest BCUT2D eigenvalue weighted by atomic mass is 10.1. The van der Waals surface area contributed by atoms with Gasteiger partial charge in [0.15, 0.2) is 11.5 Å². The molecule has 1 atom stereocenters. The second kappa shape index (κ2) is 7.72. The smallest absolute Gasteiger partial charge is 0.387 e. The number of nitrogens with zero attached hydrogens (tertiary/aromatic N) is 1. The molecule has 25 heavy (non-hydrogen) atoms. The van der Waals surface area contributed by atoms with Crippen LogP contribution in [0.5, 0.6) is 11.5 Å². The molecule has 0 spiro atoms. The van der Waals surface area contributed by atoms with Crippen molar-refractivity contribution in [2.24, 2.45) is 5.92 Å². The van der Waals surface area contributed by atoms with Crippen molar-refractivity contribution >= 4 is 6.08 Å². The molecule has 0 bridgehead atoms. The molecule has 0 radical (unpaired) electrons. The van der Waals surface area contributed by atoms with Crippen molar-refractivity contribution in [2.75, 3.05) is 6.61 Å². The molecule has 1 heterocycles. The summed E-state index contributed by atoms with van der Waals surface area (Å²) in [4.78, 5) is 2.15. The fourth-order valence-electron chi connectivity index (χ4n) is 2.70. The Morgan fingerprint density at radius 1 is 1.28 bits per heavy atom. The first-order valence-electron chi connectivity index (χ1n) is 8.56. The van der Waals surface area contributed by atoms with Crippen molar-refractivity contribution in [3.8, 4) is 11.5 Å². The number of halogens is 2. The monoisotopic (exact) mass is 347 g/mol. The summed E-state index contributed by atoms with van der Waals surface area (Å²) in [5, 5.41) is 0. The van der Waals surface area contributed by atoms with Gasteiger partial charge in [0.05, 0.1) is 6.61 Å². The minimum absolute atomic E-state index is 0.0816. The molecule has 1 fully saturated rings. The first-order valence-corrected chi connectivity index (χ1v) is 8.56. The van der Waals surface area contributed by atoms with E-state index in [4.69, 9.17) is 4.74 Å². The van der Waals surface area contributed by atoms with Crippen LogP contribution in [0.1, 0.15) is 32.3 Å². The molecule has 134 valence electrons. The number of hydrogen-bond acceptors (Lipinski definition) is 3. The van der Waals surface area contributed by atoms with Gasteiger partial charge in [0, 0.05) is 17.9 Å². The molecular weight excluding hydrogens is 324 g/mol. The van der Waals surface area contributed by atoms with Crippen LogP contribution in [0.3, 0.4) is 0 Å². The average Bonchev–Trinajstić information content (AvgIpc) is 3.38. The van der Waals surface area contributed by atoms with Crippen LogP contribution in [0.2, 0.25) is 0 Å². The summed E-state index contributed by atoms with van der Waals surface area (Å²) in [6.45, 7) is 1.84. The Balaban J connectivity index is 1.76. The van der Waals surface area contributed by atoms with E-state index in [9.17, 15) is 8.78 Å². The summed E-state index contributed by atoms with van der Waals surface area (Å²) in [5.74, 6) is 0.985. The Morgan fingerprint density at radius 2 is 2.08 bits per heavy atom. The molecule has 1 aliphatic heterocycles. The third kappa shape index (κ3) is 4.84. The molecule has 1 aliphatic carbocycles. The van der Waals surface area contributed by atoms with Gasteiger partial charge in [0.2, 0.25) is 0 Å². The third-order valence-corrected chi connectivity index (χ3v) is 4.36. The maximum Gasteiger partial charge on any atom is 0.387 e. The Bertz CT molecular complexity index is 693. The lowest BCUT2D eigenvalue weighted by Gasteiger charge is -2.28. The molecule has 0 amide bonds. The largest absolute Gasteiger partial charge is 0.489 e. The zero-order chi connectivity index (χ0) is 17.8. The Labute approximate surface area is 147 Å². The van der Waals surface area contributed by atoms with Gasteiger partial charge in [-0.25, -0.2) is 0 Å². The summed E-state index contributed by atoms with van der Waals surface area (Å²) in [6, 6.07) is 5.31. The van der Waals surface area contributed by atoms with Crippen molar-refractivity contribution in [1.82, 2.24) is 4.90 Å². The van der Waals surface area contributed by atoms with Crippen LogP contribution in [-0.2, 0) is 0 Å². The fourth-order valence-corrected chi connectivity index (χ4v) is 2.70. The van der Waals surface area contributed by atoms with Gasteiger partial charge in [-0.05, 0) is 62.5 Å². The molecule has 0 aromatic heterocycles. The van der Waals surface area contributed by atoms with Gasteiger partial charge in [-0.2, -0.15) is 8.78 Å². The second-order valence-corrected chi connectivity index (χ2v) is 6.50. The van der Waals surface area contributed by atoms with E-state index in [0.717, 1.165) is 24.1 Å². The van der Waals surface area contributed by atoms with Crippen LogP contribution in [0.25, 0.3) is 6.08 Å². The van der Waals surface area contributed by atoms with Crippen LogP contribution in [0.4, 0.5) is 8.78 Å². The number of allylic oxidation sites excluding steroid dienone is 3. The molecule has 1 saturated carbocycles. The average molecular weight is 347 g/mol. The van der Waals surface area contributed by atoms with E-state index in [1.54, 1.807) is 12.1 Å². The molecule has 0 N–H and O–H groups in total. The highest BCUT2D eigenvalue weighted by atomic mass is 19.3. The highest BCUT2D eigenvalue weighted by Gasteiger charge is 2.23. The lowest BCUT2D eigenvalue weighted by molar-refractivity contribution is -0.0515. The number of ether oxygens (including phenoxy) is 2. The maximum absolute atomic E-state index is 12.6. The van der Waals surface area contributed by atoms with Crippen molar-refractivity contribution in [1.29, 1.82) is 0 Å². The number of benzene rings is 1. The minimum Gasteiger partial charge on any atom is -0.489 e. The van der Waals surface area contributed by atoms with Crippen molar-refractivity contribution in [2.45, 2.75) is 39.3 Å². The third-order valence-electron chi connectivity index (χ3n) is 4.36. The Hall–Kier alpha value is -2.30. The normalized spacial score (nSPS) is 20.3. The molecule has 1 aromatic rings. The van der Waals surface area contributed by atoms with E-state index in [-0.39, 0.29) is 11.8 Å². The summed E-state index contributed by atoms with van der Waals surface area (Å²) in [5.41, 5.74) is 2.02. The Morgan fingerprint density at radius 3 is 2.76 bits per heavy atom. The summed E-state index contributed by atoms with van der Waals surface area (Å²) < 4.78 is 35.4. The van der Waals surface area contributed by atoms with E-state index in [1.807, 2.05) is 31.4 Å². The van der Waals surface area contributed by atoms with E-state index in [0.29, 0.717) is 18.3 Å². The van der Waals surface area contributed by atoms with Crippen molar-refractivity contribution in [3.05, 3.63) is 53.9 Å². The quantitative estimate of drug-likeness (QED) is 0.676. The first-order chi connectivity index (χ1) is 12.0. The van der Waals surface area contributed by atoms with Gasteiger partial charge >= 0.3 is 6.61 Å². The summed E-state index contributed by atoms with van der Waals surface area (Å²) >= 11 is 0. The molecule has 3 nitrogen and oxygen atoms in total. The van der Waals surface area contributed by atoms with Crippen LogP contribution in [0, 0.1) is 5.92 Å². The van der Waals surface area contributed by atoms with Crippen molar-refractivity contribution in [3.63, 3.8) is 0 Å². The predicted octanol–water partition coefficient (Wildman–Crippen LogP) is 5.21. The zero-order valence-corrected chi connectivity index (χ0v) is 14.5. The van der Waals surface area contributed by atoms with E-state index in [1.165, 1.54) is 6.07 Å². The van der Waals surface area contributed by atoms with Gasteiger partial charge in [0.1, 0.15) is 0 Å². The van der Waals surface area contributed by atoms with Crippen LogP contribution in [0.15, 0.2) is 48.3 Å². The number of hydrogen-bond donors (Lipinski definition) is 0. The Kier molecular flexibility index (Phi) is 5.41. The fraction of sp³-hybridized carbons (Fsp3) is 0.400. The lowest BCUT2D eigenvalue weighted by Crippen LogP contribution is -2.26. The molecule has 2 aliphatic rings. The molecular formula is C20H23F2NO2. The summed E-state index contributed by atoms with van der Waals surface area (Å²) in [6.07, 6.45) is 12.4. The second-order valence-electron chi connectivity index (χ2n) is 6.50. The number of rotatable bonds is 7. The van der Waals surface area contributed by atoms with Crippen LogP contribution < -0.4 is 9.47 Å². The standard InChI is InChI=1S/C20H23F2NO2/c1-14-4-3-5-15(2)23(14)11-10-16-8-9-18(25-20(21)22)19(12-16)24-13-17-6-7-17/h3-5,8-12,14,17,20H,6-7,13H2,1-2H3/b11-10+. The molecule has 3 rings (SSSR count). The zero-order valence-electron chi connectivity index (χ0n) is 14.5. The van der Waals surface area contributed by atoms with Gasteiger partial charge in [-0.15, -0.1) is 0 Å². The van der Waals surface area contributed by atoms with Crippen LogP contribution in [-0.4, -0.2) is 24.2 Å². The van der Waals surface area contributed by atoms with E-state index < -0.39 is 6.61 Å². The van der Waals surface area contributed by atoms with E-state index in [2.05, 4.69) is 22.6 Å². The minimum atomic E-state index is -2.86. The molecule has 5 heteroatoms. The van der Waals surface area contributed by atoms with E-state index >= 15 is 0 Å². The molecule has 0 saturated heterocycles. The maximum atomic E-state index is 12.6. The first kappa shape index (κ1) is 17.5. The van der Waals surface area contributed by atoms with Crippen molar-refractivity contribution < 1.29 is 18.3 Å². The molecule has 1 aromatic carbocycles. The van der Waals surface area contributed by atoms with Crippen LogP contribution >= 0.6 is 0 Å². The number of alkyl halides is 2.